The first-order valence-corrected chi connectivity index (χ1v) is 7.78. The third kappa shape index (κ3) is 3.23. The van der Waals surface area contributed by atoms with E-state index in [9.17, 15) is 9.59 Å². The minimum Gasteiger partial charge on any atom is -0.464 e. The van der Waals surface area contributed by atoms with Crippen molar-refractivity contribution in [1.82, 2.24) is 0 Å². The molecule has 1 heterocycles. The zero-order valence-electron chi connectivity index (χ0n) is 13.9. The van der Waals surface area contributed by atoms with Crippen molar-refractivity contribution in [3.8, 4) is 0 Å². The number of carbonyl (C=O) groups excluding carboxylic acids is 1. The van der Waals surface area contributed by atoms with Crippen molar-refractivity contribution in [2.45, 2.75) is 26.2 Å². The Labute approximate surface area is 140 Å². The molecule has 3 aromatic rings. The SMILES string of the molecule is CC(C)(C)c1ccc(C(=O)Nc2ccc3occc(=O)c3c2)cc1. The van der Waals surface area contributed by atoms with Crippen LogP contribution in [-0.4, -0.2) is 5.91 Å². The molecule has 4 nitrogen and oxygen atoms in total. The molecule has 24 heavy (non-hydrogen) atoms. The van der Waals surface area contributed by atoms with Crippen LogP contribution in [0.3, 0.4) is 0 Å². The van der Waals surface area contributed by atoms with Crippen LogP contribution in [-0.2, 0) is 5.41 Å². The van der Waals surface area contributed by atoms with Crippen LogP contribution in [0.25, 0.3) is 11.0 Å². The summed E-state index contributed by atoms with van der Waals surface area (Å²) in [6, 6.07) is 13.9. The first-order valence-electron chi connectivity index (χ1n) is 7.78. The van der Waals surface area contributed by atoms with Crippen molar-refractivity contribution >= 4 is 22.6 Å². The Hall–Kier alpha value is -2.88. The molecule has 0 spiro atoms. The zero-order valence-corrected chi connectivity index (χ0v) is 13.9. The lowest BCUT2D eigenvalue weighted by Gasteiger charge is -2.19. The predicted molar refractivity (Wildman–Crippen MR) is 95.6 cm³/mol. The van der Waals surface area contributed by atoms with E-state index in [1.807, 2.05) is 24.3 Å². The van der Waals surface area contributed by atoms with E-state index in [1.165, 1.54) is 17.9 Å². The second kappa shape index (κ2) is 5.96. The number of benzene rings is 2. The number of nitrogens with one attached hydrogen (secondary N) is 1. The van der Waals surface area contributed by atoms with Gasteiger partial charge >= 0.3 is 0 Å². The summed E-state index contributed by atoms with van der Waals surface area (Å²) in [7, 11) is 0. The molecular formula is C20H19NO3. The molecule has 0 bridgehead atoms. The monoisotopic (exact) mass is 321 g/mol. The first-order chi connectivity index (χ1) is 11.3. The minimum atomic E-state index is -0.213. The lowest BCUT2D eigenvalue weighted by atomic mass is 9.87. The summed E-state index contributed by atoms with van der Waals surface area (Å²) in [6.45, 7) is 6.38. The summed E-state index contributed by atoms with van der Waals surface area (Å²) in [4.78, 5) is 24.2. The molecule has 0 saturated heterocycles. The molecule has 122 valence electrons. The fourth-order valence-corrected chi connectivity index (χ4v) is 2.49. The van der Waals surface area contributed by atoms with E-state index >= 15 is 0 Å². The summed E-state index contributed by atoms with van der Waals surface area (Å²) in [5.41, 5.74) is 2.70. The molecular weight excluding hydrogens is 302 g/mol. The van der Waals surface area contributed by atoms with Gasteiger partial charge in [-0.2, -0.15) is 0 Å². The highest BCUT2D eigenvalue weighted by Crippen LogP contribution is 2.23. The molecule has 0 saturated carbocycles. The van der Waals surface area contributed by atoms with Crippen molar-refractivity contribution in [3.05, 3.63) is 76.1 Å². The van der Waals surface area contributed by atoms with Gasteiger partial charge in [0.15, 0.2) is 5.43 Å². The van der Waals surface area contributed by atoms with Crippen LogP contribution < -0.4 is 10.7 Å². The Balaban J connectivity index is 1.84. The molecule has 4 heteroatoms. The third-order valence-electron chi connectivity index (χ3n) is 3.93. The Bertz CT molecular complexity index is 947. The topological polar surface area (TPSA) is 59.3 Å². The summed E-state index contributed by atoms with van der Waals surface area (Å²) in [6.07, 6.45) is 1.36. The van der Waals surface area contributed by atoms with Gasteiger partial charge in [-0.25, -0.2) is 0 Å². The van der Waals surface area contributed by atoms with E-state index in [4.69, 9.17) is 4.42 Å². The van der Waals surface area contributed by atoms with Gasteiger partial charge in [-0.3, -0.25) is 9.59 Å². The number of fused-ring (bicyclic) bond motifs is 1. The number of rotatable bonds is 2. The highest BCUT2D eigenvalue weighted by molar-refractivity contribution is 6.05. The molecule has 0 aliphatic heterocycles. The van der Waals surface area contributed by atoms with Crippen LogP contribution in [0, 0.1) is 0 Å². The maximum atomic E-state index is 12.4. The Morgan fingerprint density at radius 1 is 1.00 bits per heavy atom. The van der Waals surface area contributed by atoms with Gasteiger partial charge in [0.2, 0.25) is 0 Å². The van der Waals surface area contributed by atoms with Crippen LogP contribution in [0.4, 0.5) is 5.69 Å². The molecule has 0 aliphatic rings. The molecule has 1 amide bonds. The van der Waals surface area contributed by atoms with E-state index in [-0.39, 0.29) is 16.8 Å². The van der Waals surface area contributed by atoms with Gasteiger partial charge in [-0.05, 0) is 41.3 Å². The van der Waals surface area contributed by atoms with E-state index in [0.717, 1.165) is 0 Å². The van der Waals surface area contributed by atoms with Gasteiger partial charge in [0.05, 0.1) is 11.6 Å². The van der Waals surface area contributed by atoms with E-state index in [2.05, 4.69) is 26.1 Å². The maximum Gasteiger partial charge on any atom is 0.255 e. The summed E-state index contributed by atoms with van der Waals surface area (Å²) in [5.74, 6) is -0.213. The average Bonchev–Trinajstić information content (AvgIpc) is 2.55. The molecule has 0 atom stereocenters. The quantitative estimate of drug-likeness (QED) is 0.763. The molecule has 1 N–H and O–H groups in total. The van der Waals surface area contributed by atoms with Crippen LogP contribution in [0.2, 0.25) is 0 Å². The highest BCUT2D eigenvalue weighted by Gasteiger charge is 2.14. The maximum absolute atomic E-state index is 12.4. The zero-order chi connectivity index (χ0) is 17.3. The number of hydrogen-bond donors (Lipinski definition) is 1. The number of amides is 1. The van der Waals surface area contributed by atoms with Crippen molar-refractivity contribution in [2.75, 3.05) is 5.32 Å². The van der Waals surface area contributed by atoms with Crippen molar-refractivity contribution in [3.63, 3.8) is 0 Å². The lowest BCUT2D eigenvalue weighted by molar-refractivity contribution is 0.102. The second-order valence-corrected chi connectivity index (χ2v) is 6.78. The van der Waals surface area contributed by atoms with Crippen LogP contribution in [0.1, 0.15) is 36.7 Å². The molecule has 0 radical (unpaired) electrons. The van der Waals surface area contributed by atoms with Crippen molar-refractivity contribution in [1.29, 1.82) is 0 Å². The van der Waals surface area contributed by atoms with Gasteiger partial charge in [-0.15, -0.1) is 0 Å². The standard InChI is InChI=1S/C20H19NO3/c1-20(2,3)14-6-4-13(5-7-14)19(23)21-15-8-9-18-16(12-15)17(22)10-11-24-18/h4-12H,1-3H3,(H,21,23). The highest BCUT2D eigenvalue weighted by atomic mass is 16.3. The first kappa shape index (κ1) is 16.0. The average molecular weight is 321 g/mol. The van der Waals surface area contributed by atoms with E-state index in [1.54, 1.807) is 18.2 Å². The summed E-state index contributed by atoms with van der Waals surface area (Å²) >= 11 is 0. The third-order valence-corrected chi connectivity index (χ3v) is 3.93. The minimum absolute atomic E-state index is 0.0430. The van der Waals surface area contributed by atoms with Crippen molar-refractivity contribution < 1.29 is 9.21 Å². The summed E-state index contributed by atoms with van der Waals surface area (Å²) < 4.78 is 5.27. The second-order valence-electron chi connectivity index (χ2n) is 6.78. The van der Waals surface area contributed by atoms with Gasteiger partial charge in [0, 0.05) is 17.3 Å². The fraction of sp³-hybridized carbons (Fsp3) is 0.200. The van der Waals surface area contributed by atoms with Gasteiger partial charge < -0.3 is 9.73 Å². The van der Waals surface area contributed by atoms with Crippen LogP contribution >= 0.6 is 0 Å². The Morgan fingerprint density at radius 2 is 1.71 bits per heavy atom. The fourth-order valence-electron chi connectivity index (χ4n) is 2.49. The molecule has 0 aliphatic carbocycles. The number of carbonyl (C=O) groups is 1. The lowest BCUT2D eigenvalue weighted by Crippen LogP contribution is -2.14. The van der Waals surface area contributed by atoms with Gasteiger partial charge in [-0.1, -0.05) is 32.9 Å². The van der Waals surface area contributed by atoms with Crippen LogP contribution in [0.5, 0.6) is 0 Å². The van der Waals surface area contributed by atoms with E-state index in [0.29, 0.717) is 22.2 Å². The Kier molecular flexibility index (Phi) is 3.97. The predicted octanol–water partition coefficient (Wildman–Crippen LogP) is 4.34. The molecule has 0 unspecified atom stereocenters. The Morgan fingerprint density at radius 3 is 2.38 bits per heavy atom. The molecule has 3 rings (SSSR count). The van der Waals surface area contributed by atoms with Gasteiger partial charge in [0.25, 0.3) is 5.91 Å². The molecule has 2 aromatic carbocycles. The van der Waals surface area contributed by atoms with E-state index < -0.39 is 0 Å². The van der Waals surface area contributed by atoms with Gasteiger partial charge in [0.1, 0.15) is 5.58 Å². The number of hydrogen-bond acceptors (Lipinski definition) is 3. The largest absolute Gasteiger partial charge is 0.464 e. The normalized spacial score (nSPS) is 11.5. The van der Waals surface area contributed by atoms with Crippen LogP contribution in [0.15, 0.2) is 64.0 Å². The smallest absolute Gasteiger partial charge is 0.255 e. The molecule has 0 fully saturated rings. The number of anilines is 1. The molecule has 1 aromatic heterocycles. The summed E-state index contributed by atoms with van der Waals surface area (Å²) in [5, 5.41) is 3.26. The van der Waals surface area contributed by atoms with Crippen molar-refractivity contribution in [2.24, 2.45) is 0 Å².